The van der Waals surface area contributed by atoms with E-state index < -0.39 is 0 Å². The molecule has 1 saturated carbocycles. The first-order valence-corrected chi connectivity index (χ1v) is 7.92. The molecule has 1 aromatic rings. The van der Waals surface area contributed by atoms with E-state index in [9.17, 15) is 0 Å². The third kappa shape index (κ3) is 4.41. The SMILES string of the molecule is CCNC(COc1cccc(OCC)c1)C1CCCC1. The monoisotopic (exact) mass is 277 g/mol. The van der Waals surface area contributed by atoms with Crippen LogP contribution in [0.5, 0.6) is 11.5 Å². The van der Waals surface area contributed by atoms with E-state index in [4.69, 9.17) is 9.47 Å². The number of ether oxygens (including phenoxy) is 2. The van der Waals surface area contributed by atoms with Crippen molar-refractivity contribution in [3.8, 4) is 11.5 Å². The Labute approximate surface area is 122 Å². The van der Waals surface area contributed by atoms with Gasteiger partial charge in [0.1, 0.15) is 18.1 Å². The Morgan fingerprint density at radius 3 is 2.50 bits per heavy atom. The van der Waals surface area contributed by atoms with E-state index in [1.54, 1.807) is 0 Å². The van der Waals surface area contributed by atoms with Crippen molar-refractivity contribution in [3.05, 3.63) is 24.3 Å². The Balaban J connectivity index is 1.89. The molecule has 3 nitrogen and oxygen atoms in total. The molecule has 1 fully saturated rings. The molecular formula is C17H27NO2. The van der Waals surface area contributed by atoms with Crippen LogP contribution in [0.4, 0.5) is 0 Å². The molecule has 1 unspecified atom stereocenters. The van der Waals surface area contributed by atoms with Crippen LogP contribution in [0.25, 0.3) is 0 Å². The van der Waals surface area contributed by atoms with Crippen LogP contribution in [0.2, 0.25) is 0 Å². The van der Waals surface area contributed by atoms with Crippen molar-refractivity contribution in [1.29, 1.82) is 0 Å². The second-order valence-electron chi connectivity index (χ2n) is 5.43. The molecule has 0 aromatic heterocycles. The van der Waals surface area contributed by atoms with E-state index >= 15 is 0 Å². The molecule has 2 rings (SSSR count). The first-order valence-electron chi connectivity index (χ1n) is 7.92. The van der Waals surface area contributed by atoms with E-state index in [0.717, 1.165) is 30.6 Å². The lowest BCUT2D eigenvalue weighted by molar-refractivity contribution is 0.218. The molecule has 0 amide bonds. The molecule has 0 heterocycles. The smallest absolute Gasteiger partial charge is 0.123 e. The van der Waals surface area contributed by atoms with Crippen molar-refractivity contribution in [3.63, 3.8) is 0 Å². The molecule has 20 heavy (non-hydrogen) atoms. The fourth-order valence-electron chi connectivity index (χ4n) is 2.99. The maximum atomic E-state index is 5.98. The Bertz CT molecular complexity index is 388. The quantitative estimate of drug-likeness (QED) is 0.787. The zero-order chi connectivity index (χ0) is 14.2. The average molecular weight is 277 g/mol. The molecule has 112 valence electrons. The van der Waals surface area contributed by atoms with Gasteiger partial charge in [0, 0.05) is 12.1 Å². The second kappa shape index (κ2) is 8.15. The fraction of sp³-hybridized carbons (Fsp3) is 0.647. The van der Waals surface area contributed by atoms with Crippen LogP contribution in [-0.4, -0.2) is 25.8 Å². The molecule has 3 heteroatoms. The van der Waals surface area contributed by atoms with Crippen molar-refractivity contribution in [2.24, 2.45) is 5.92 Å². The highest BCUT2D eigenvalue weighted by Crippen LogP contribution is 2.28. The lowest BCUT2D eigenvalue weighted by atomic mass is 9.99. The van der Waals surface area contributed by atoms with Gasteiger partial charge in [-0.2, -0.15) is 0 Å². The lowest BCUT2D eigenvalue weighted by Crippen LogP contribution is -2.40. The van der Waals surface area contributed by atoms with Crippen molar-refractivity contribution >= 4 is 0 Å². The van der Waals surface area contributed by atoms with Gasteiger partial charge in [0.25, 0.3) is 0 Å². The van der Waals surface area contributed by atoms with Crippen LogP contribution in [0.1, 0.15) is 39.5 Å². The van der Waals surface area contributed by atoms with Crippen LogP contribution >= 0.6 is 0 Å². The minimum absolute atomic E-state index is 0.471. The zero-order valence-electron chi connectivity index (χ0n) is 12.7. The summed E-state index contributed by atoms with van der Waals surface area (Å²) in [6.45, 7) is 6.59. The Morgan fingerprint density at radius 1 is 1.15 bits per heavy atom. The van der Waals surface area contributed by atoms with E-state index in [-0.39, 0.29) is 0 Å². The molecule has 1 aliphatic rings. The maximum absolute atomic E-state index is 5.98. The highest BCUT2D eigenvalue weighted by Gasteiger charge is 2.24. The largest absolute Gasteiger partial charge is 0.494 e. The van der Waals surface area contributed by atoms with Crippen LogP contribution in [-0.2, 0) is 0 Å². The van der Waals surface area contributed by atoms with E-state index in [2.05, 4.69) is 12.2 Å². The normalized spacial score (nSPS) is 17.1. The zero-order valence-corrected chi connectivity index (χ0v) is 12.7. The van der Waals surface area contributed by atoms with E-state index in [0.29, 0.717) is 12.6 Å². The molecule has 0 radical (unpaired) electrons. The van der Waals surface area contributed by atoms with Gasteiger partial charge in [0.05, 0.1) is 6.61 Å². The summed E-state index contributed by atoms with van der Waals surface area (Å²) in [5, 5.41) is 3.58. The second-order valence-corrected chi connectivity index (χ2v) is 5.43. The van der Waals surface area contributed by atoms with Gasteiger partial charge in [0.2, 0.25) is 0 Å². The molecule has 1 aliphatic carbocycles. The number of nitrogens with one attached hydrogen (secondary N) is 1. The van der Waals surface area contributed by atoms with Crippen molar-refractivity contribution < 1.29 is 9.47 Å². The van der Waals surface area contributed by atoms with Crippen LogP contribution < -0.4 is 14.8 Å². The number of hydrogen-bond donors (Lipinski definition) is 1. The summed E-state index contributed by atoms with van der Waals surface area (Å²) < 4.78 is 11.5. The van der Waals surface area contributed by atoms with Gasteiger partial charge in [-0.3, -0.25) is 0 Å². The molecule has 1 aromatic carbocycles. The van der Waals surface area contributed by atoms with Gasteiger partial charge in [-0.15, -0.1) is 0 Å². The molecule has 0 bridgehead atoms. The van der Waals surface area contributed by atoms with E-state index in [1.807, 2.05) is 31.2 Å². The molecule has 0 spiro atoms. The third-order valence-electron chi connectivity index (χ3n) is 3.98. The predicted octanol–water partition coefficient (Wildman–Crippen LogP) is 3.63. The number of benzene rings is 1. The van der Waals surface area contributed by atoms with Crippen molar-refractivity contribution in [2.45, 2.75) is 45.6 Å². The maximum Gasteiger partial charge on any atom is 0.123 e. The minimum atomic E-state index is 0.471. The van der Waals surface area contributed by atoms with E-state index in [1.165, 1.54) is 25.7 Å². The summed E-state index contributed by atoms with van der Waals surface area (Å²) in [6.07, 6.45) is 5.40. The van der Waals surface area contributed by atoms with Gasteiger partial charge in [-0.1, -0.05) is 25.8 Å². The van der Waals surface area contributed by atoms with Gasteiger partial charge < -0.3 is 14.8 Å². The van der Waals surface area contributed by atoms with Gasteiger partial charge >= 0.3 is 0 Å². The number of rotatable bonds is 8. The third-order valence-corrected chi connectivity index (χ3v) is 3.98. The van der Waals surface area contributed by atoms with Crippen molar-refractivity contribution in [2.75, 3.05) is 19.8 Å². The standard InChI is InChI=1S/C17H27NO2/c1-3-18-17(14-8-5-6-9-14)13-20-16-11-7-10-15(12-16)19-4-2/h7,10-12,14,17-18H,3-6,8-9,13H2,1-2H3. The van der Waals surface area contributed by atoms with Crippen LogP contribution in [0.15, 0.2) is 24.3 Å². The van der Waals surface area contributed by atoms with Crippen molar-refractivity contribution in [1.82, 2.24) is 5.32 Å². The Kier molecular flexibility index (Phi) is 6.19. The average Bonchev–Trinajstić information content (AvgIpc) is 2.98. The first kappa shape index (κ1) is 15.2. The summed E-state index contributed by atoms with van der Waals surface area (Å²) in [6, 6.07) is 8.40. The molecule has 0 saturated heterocycles. The molecule has 1 N–H and O–H groups in total. The highest BCUT2D eigenvalue weighted by molar-refractivity contribution is 5.32. The first-order chi connectivity index (χ1) is 9.83. The highest BCUT2D eigenvalue weighted by atomic mass is 16.5. The topological polar surface area (TPSA) is 30.5 Å². The Morgan fingerprint density at radius 2 is 1.85 bits per heavy atom. The number of hydrogen-bond acceptors (Lipinski definition) is 3. The summed E-state index contributed by atoms with van der Waals surface area (Å²) in [5.41, 5.74) is 0. The summed E-state index contributed by atoms with van der Waals surface area (Å²) in [5.74, 6) is 2.55. The summed E-state index contributed by atoms with van der Waals surface area (Å²) >= 11 is 0. The lowest BCUT2D eigenvalue weighted by Gasteiger charge is -2.24. The minimum Gasteiger partial charge on any atom is -0.494 e. The summed E-state index contributed by atoms with van der Waals surface area (Å²) in [4.78, 5) is 0. The van der Waals surface area contributed by atoms with Crippen LogP contribution in [0.3, 0.4) is 0 Å². The number of likely N-dealkylation sites (N-methyl/N-ethyl adjacent to an activating group) is 1. The molecule has 0 aliphatic heterocycles. The van der Waals surface area contributed by atoms with Crippen LogP contribution in [0, 0.1) is 5.92 Å². The predicted molar refractivity (Wildman–Crippen MR) is 82.5 cm³/mol. The molecular weight excluding hydrogens is 250 g/mol. The Hall–Kier alpha value is -1.22. The van der Waals surface area contributed by atoms with Gasteiger partial charge in [-0.25, -0.2) is 0 Å². The van der Waals surface area contributed by atoms with Gasteiger partial charge in [-0.05, 0) is 44.4 Å². The fourth-order valence-corrected chi connectivity index (χ4v) is 2.99. The molecule has 1 atom stereocenters. The summed E-state index contributed by atoms with van der Waals surface area (Å²) in [7, 11) is 0. The van der Waals surface area contributed by atoms with Gasteiger partial charge in [0.15, 0.2) is 0 Å².